The van der Waals surface area contributed by atoms with Crippen molar-refractivity contribution in [1.82, 2.24) is 9.97 Å². The molecule has 0 spiro atoms. The van der Waals surface area contributed by atoms with E-state index in [2.05, 4.69) is 40.5 Å². The van der Waals surface area contributed by atoms with Crippen molar-refractivity contribution in [3.8, 4) is 0 Å². The van der Waals surface area contributed by atoms with Crippen LogP contribution in [0.4, 0.5) is 17.3 Å². The minimum absolute atomic E-state index is 0.134. The molecule has 20 heavy (non-hydrogen) atoms. The van der Waals surface area contributed by atoms with Crippen molar-refractivity contribution in [1.29, 1.82) is 0 Å². The maximum absolute atomic E-state index is 10.9. The summed E-state index contributed by atoms with van der Waals surface area (Å²) >= 11 is 0. The lowest BCUT2D eigenvalue weighted by Crippen LogP contribution is -2.07. The maximum Gasteiger partial charge on any atom is 0.222 e. The van der Waals surface area contributed by atoms with E-state index in [1.807, 2.05) is 12.1 Å². The van der Waals surface area contributed by atoms with Gasteiger partial charge < -0.3 is 10.6 Å². The van der Waals surface area contributed by atoms with Crippen molar-refractivity contribution < 1.29 is 4.79 Å². The smallest absolute Gasteiger partial charge is 0.222 e. The molecular weight excluding hydrogens is 252 g/mol. The van der Waals surface area contributed by atoms with Gasteiger partial charge in [-0.3, -0.25) is 4.79 Å². The molecule has 5 heteroatoms. The van der Waals surface area contributed by atoms with Crippen LogP contribution in [0.5, 0.6) is 0 Å². The molecule has 2 rings (SSSR count). The van der Waals surface area contributed by atoms with Gasteiger partial charge in [0.15, 0.2) is 0 Å². The summed E-state index contributed by atoms with van der Waals surface area (Å²) < 4.78 is 0. The Bertz CT molecular complexity index is 593. The van der Waals surface area contributed by atoms with Gasteiger partial charge in [-0.1, -0.05) is 19.9 Å². The van der Waals surface area contributed by atoms with Gasteiger partial charge in [0, 0.05) is 13.1 Å². The summed E-state index contributed by atoms with van der Waals surface area (Å²) in [7, 11) is 0. The molecular formula is C15H18N4O. The Morgan fingerprint density at radius 3 is 2.60 bits per heavy atom. The second-order valence-electron chi connectivity index (χ2n) is 4.83. The molecule has 0 aliphatic heterocycles. The highest BCUT2D eigenvalue weighted by Crippen LogP contribution is 2.24. The zero-order chi connectivity index (χ0) is 14.5. The summed E-state index contributed by atoms with van der Waals surface area (Å²) in [6.07, 6.45) is 3.43. The van der Waals surface area contributed by atoms with Crippen LogP contribution in [0.15, 0.2) is 36.7 Å². The minimum atomic E-state index is -0.134. The molecule has 0 saturated carbocycles. The molecule has 1 amide bonds. The molecule has 5 nitrogen and oxygen atoms in total. The van der Waals surface area contributed by atoms with Crippen molar-refractivity contribution in [2.45, 2.75) is 26.7 Å². The van der Waals surface area contributed by atoms with Crippen LogP contribution in [-0.4, -0.2) is 15.9 Å². The largest absolute Gasteiger partial charge is 0.339 e. The first-order chi connectivity index (χ1) is 9.56. The van der Waals surface area contributed by atoms with Gasteiger partial charge >= 0.3 is 0 Å². The second-order valence-corrected chi connectivity index (χ2v) is 4.83. The number of nitrogens with one attached hydrogen (secondary N) is 2. The number of pyridine rings is 2. The fourth-order valence-corrected chi connectivity index (χ4v) is 1.85. The van der Waals surface area contributed by atoms with Gasteiger partial charge in [0.2, 0.25) is 5.91 Å². The number of hydrogen-bond donors (Lipinski definition) is 2. The lowest BCUT2D eigenvalue weighted by atomic mass is 10.0. The lowest BCUT2D eigenvalue weighted by Gasteiger charge is -2.13. The van der Waals surface area contributed by atoms with Crippen LogP contribution in [0.25, 0.3) is 0 Å². The molecule has 2 heterocycles. The number of nitrogens with zero attached hydrogens (tertiary/aromatic N) is 2. The van der Waals surface area contributed by atoms with Crippen LogP contribution in [0, 0.1) is 0 Å². The Balaban J connectivity index is 2.16. The molecule has 0 atom stereocenters. The zero-order valence-electron chi connectivity index (χ0n) is 11.8. The first-order valence-corrected chi connectivity index (χ1v) is 6.52. The molecule has 0 unspecified atom stereocenters. The van der Waals surface area contributed by atoms with Crippen LogP contribution >= 0.6 is 0 Å². The maximum atomic E-state index is 10.9. The van der Waals surface area contributed by atoms with Crippen LogP contribution in [0.3, 0.4) is 0 Å². The van der Waals surface area contributed by atoms with Crippen molar-refractivity contribution in [2.24, 2.45) is 0 Å². The van der Waals surface area contributed by atoms with Gasteiger partial charge in [-0.25, -0.2) is 9.97 Å². The molecule has 0 saturated heterocycles. The Morgan fingerprint density at radius 1 is 1.20 bits per heavy atom. The number of anilines is 3. The molecule has 0 radical (unpaired) electrons. The number of carbonyl (C=O) groups is 1. The molecule has 104 valence electrons. The number of aromatic nitrogens is 2. The van der Waals surface area contributed by atoms with Crippen molar-refractivity contribution in [3.63, 3.8) is 0 Å². The number of rotatable bonds is 4. The highest BCUT2D eigenvalue weighted by atomic mass is 16.1. The number of hydrogen-bond acceptors (Lipinski definition) is 4. The van der Waals surface area contributed by atoms with E-state index in [9.17, 15) is 4.79 Å². The van der Waals surface area contributed by atoms with Crippen LogP contribution in [-0.2, 0) is 4.79 Å². The molecule has 0 fully saturated rings. The van der Waals surface area contributed by atoms with Gasteiger partial charge in [-0.05, 0) is 29.7 Å². The van der Waals surface area contributed by atoms with Crippen LogP contribution in [0.1, 0.15) is 32.3 Å². The van der Waals surface area contributed by atoms with Crippen LogP contribution in [0.2, 0.25) is 0 Å². The minimum Gasteiger partial charge on any atom is -0.339 e. The molecule has 2 aromatic heterocycles. The quantitative estimate of drug-likeness (QED) is 0.894. The van der Waals surface area contributed by atoms with Gasteiger partial charge in [-0.2, -0.15) is 0 Å². The first kappa shape index (κ1) is 14.0. The molecule has 0 aliphatic rings. The standard InChI is InChI=1S/C15H18N4O/c1-10(2)13-5-4-8-16-15(13)19-12-6-7-14(17-9-12)18-11(3)20/h4-10H,1-3H3,(H,16,19)(H,17,18,20). The average Bonchev–Trinajstić information content (AvgIpc) is 2.41. The molecule has 0 aromatic carbocycles. The Morgan fingerprint density at radius 2 is 2.00 bits per heavy atom. The summed E-state index contributed by atoms with van der Waals surface area (Å²) in [6.45, 7) is 5.71. The van der Waals surface area contributed by atoms with Gasteiger partial charge in [0.25, 0.3) is 0 Å². The van der Waals surface area contributed by atoms with Crippen molar-refractivity contribution in [2.75, 3.05) is 10.6 Å². The van der Waals surface area contributed by atoms with Crippen molar-refractivity contribution >= 4 is 23.2 Å². The predicted molar refractivity (Wildman–Crippen MR) is 80.1 cm³/mol. The Hall–Kier alpha value is -2.43. The lowest BCUT2D eigenvalue weighted by molar-refractivity contribution is -0.114. The Labute approximate surface area is 118 Å². The van der Waals surface area contributed by atoms with Gasteiger partial charge in [-0.15, -0.1) is 0 Å². The Kier molecular flexibility index (Phi) is 4.30. The topological polar surface area (TPSA) is 66.9 Å². The third-order valence-electron chi connectivity index (χ3n) is 2.79. The molecule has 2 N–H and O–H groups in total. The highest BCUT2D eigenvalue weighted by Gasteiger charge is 2.07. The van der Waals surface area contributed by atoms with E-state index < -0.39 is 0 Å². The van der Waals surface area contributed by atoms with Gasteiger partial charge in [0.05, 0.1) is 11.9 Å². The monoisotopic (exact) mass is 270 g/mol. The van der Waals surface area contributed by atoms with E-state index >= 15 is 0 Å². The second kappa shape index (κ2) is 6.14. The third-order valence-corrected chi connectivity index (χ3v) is 2.79. The summed E-state index contributed by atoms with van der Waals surface area (Å²) in [5.41, 5.74) is 1.98. The fourth-order valence-electron chi connectivity index (χ4n) is 1.85. The van der Waals surface area contributed by atoms with E-state index in [0.717, 1.165) is 17.1 Å². The normalized spacial score (nSPS) is 10.4. The molecule has 2 aromatic rings. The highest BCUT2D eigenvalue weighted by molar-refractivity contribution is 5.87. The van der Waals surface area contributed by atoms with E-state index in [4.69, 9.17) is 0 Å². The fraction of sp³-hybridized carbons (Fsp3) is 0.267. The molecule has 0 bridgehead atoms. The van der Waals surface area contributed by atoms with E-state index in [0.29, 0.717) is 11.7 Å². The predicted octanol–water partition coefficient (Wildman–Crippen LogP) is 3.30. The third kappa shape index (κ3) is 3.54. The summed E-state index contributed by atoms with van der Waals surface area (Å²) in [6, 6.07) is 7.59. The number of carbonyl (C=O) groups excluding carboxylic acids is 1. The van der Waals surface area contributed by atoms with E-state index in [-0.39, 0.29) is 5.91 Å². The summed E-state index contributed by atoms with van der Waals surface area (Å²) in [5, 5.41) is 5.88. The zero-order valence-corrected chi connectivity index (χ0v) is 11.8. The first-order valence-electron chi connectivity index (χ1n) is 6.52. The SMILES string of the molecule is CC(=O)Nc1ccc(Nc2ncccc2C(C)C)cn1. The summed E-state index contributed by atoms with van der Waals surface area (Å²) in [4.78, 5) is 19.5. The van der Waals surface area contributed by atoms with Crippen LogP contribution < -0.4 is 10.6 Å². The van der Waals surface area contributed by atoms with Gasteiger partial charge in [0.1, 0.15) is 11.6 Å². The summed E-state index contributed by atoms with van der Waals surface area (Å²) in [5.74, 6) is 1.62. The van der Waals surface area contributed by atoms with E-state index in [1.54, 1.807) is 18.5 Å². The number of amides is 1. The average molecular weight is 270 g/mol. The van der Waals surface area contributed by atoms with Crippen molar-refractivity contribution in [3.05, 3.63) is 42.2 Å². The molecule has 0 aliphatic carbocycles. The van der Waals surface area contributed by atoms with E-state index in [1.165, 1.54) is 6.92 Å².